The van der Waals surface area contributed by atoms with Crippen LogP contribution in [0.3, 0.4) is 0 Å². The fourth-order valence-corrected chi connectivity index (χ4v) is 5.29. The molecule has 2 aromatic carbocycles. The molecule has 0 bridgehead atoms. The lowest BCUT2D eigenvalue weighted by Crippen LogP contribution is -2.42. The number of halogens is 7. The van der Waals surface area contributed by atoms with Crippen LogP contribution in [0.1, 0.15) is 42.5 Å². The second-order valence-corrected chi connectivity index (χ2v) is 11.1. The molecule has 43 heavy (non-hydrogen) atoms. The summed E-state index contributed by atoms with van der Waals surface area (Å²) in [4.78, 5) is 21.0. The number of carbonyl (C=O) groups excluding carboxylic acids is 1. The molecule has 4 rings (SSSR count). The van der Waals surface area contributed by atoms with Crippen LogP contribution in [0.25, 0.3) is 11.1 Å². The smallest absolute Gasteiger partial charge is 0.394 e. The van der Waals surface area contributed by atoms with Gasteiger partial charge in [-0.05, 0) is 74.2 Å². The molecule has 3 aromatic rings. The van der Waals surface area contributed by atoms with Crippen molar-refractivity contribution < 1.29 is 45.7 Å². The van der Waals surface area contributed by atoms with Crippen molar-refractivity contribution in [3.05, 3.63) is 76.7 Å². The van der Waals surface area contributed by atoms with Gasteiger partial charge in [-0.15, -0.1) is 0 Å². The fourth-order valence-electron chi connectivity index (χ4n) is 5.29. The van der Waals surface area contributed by atoms with Crippen molar-refractivity contribution in [1.82, 2.24) is 4.98 Å². The Morgan fingerprint density at radius 1 is 1.00 bits per heavy atom. The van der Waals surface area contributed by atoms with E-state index in [1.807, 2.05) is 0 Å². The lowest BCUT2D eigenvalue weighted by molar-refractivity contribution is -0.143. The average molecular weight is 614 g/mol. The van der Waals surface area contributed by atoms with E-state index in [9.17, 15) is 45.7 Å². The summed E-state index contributed by atoms with van der Waals surface area (Å²) in [7, 11) is 1.30. The number of pyridine rings is 1. The van der Waals surface area contributed by atoms with Crippen molar-refractivity contribution in [3.63, 3.8) is 0 Å². The zero-order chi connectivity index (χ0) is 32.1. The van der Waals surface area contributed by atoms with Gasteiger partial charge in [-0.1, -0.05) is 12.1 Å². The second kappa shape index (κ2) is 11.4. The lowest BCUT2D eigenvalue weighted by Gasteiger charge is -2.32. The van der Waals surface area contributed by atoms with Gasteiger partial charge >= 0.3 is 12.4 Å². The maximum atomic E-state index is 14.6. The van der Waals surface area contributed by atoms with Crippen molar-refractivity contribution in [3.8, 4) is 11.1 Å². The number of carbonyl (C=O) groups is 1. The molecule has 2 N–H and O–H groups in total. The van der Waals surface area contributed by atoms with E-state index in [4.69, 9.17) is 0 Å². The summed E-state index contributed by atoms with van der Waals surface area (Å²) in [5.41, 5.74) is -4.50. The first kappa shape index (κ1) is 32.2. The highest BCUT2D eigenvalue weighted by atomic mass is 19.4. The lowest BCUT2D eigenvalue weighted by atomic mass is 9.81. The van der Waals surface area contributed by atoms with Gasteiger partial charge in [0.1, 0.15) is 11.6 Å². The Hall–Kier alpha value is -3.71. The van der Waals surface area contributed by atoms with Crippen LogP contribution in [0.15, 0.2) is 48.7 Å². The van der Waals surface area contributed by atoms with Crippen LogP contribution < -0.4 is 9.80 Å². The van der Waals surface area contributed by atoms with E-state index in [-0.39, 0.29) is 36.9 Å². The molecule has 2 heterocycles. The number of aliphatic hydroxyl groups is 2. The Labute approximate surface area is 243 Å². The first-order valence-corrected chi connectivity index (χ1v) is 13.3. The van der Waals surface area contributed by atoms with Gasteiger partial charge < -0.3 is 20.0 Å². The number of hydrogen-bond donors (Lipinski definition) is 2. The Morgan fingerprint density at radius 3 is 2.14 bits per heavy atom. The molecule has 1 saturated heterocycles. The maximum absolute atomic E-state index is 14.6. The molecule has 1 fully saturated rings. The number of aromatic nitrogens is 1. The zero-order valence-corrected chi connectivity index (χ0v) is 23.7. The summed E-state index contributed by atoms with van der Waals surface area (Å²) in [5, 5.41) is 20.0. The van der Waals surface area contributed by atoms with Gasteiger partial charge in [0.25, 0.3) is 0 Å². The third-order valence-electron chi connectivity index (χ3n) is 7.83. The van der Waals surface area contributed by atoms with E-state index < -0.39 is 58.3 Å². The van der Waals surface area contributed by atoms with Crippen LogP contribution in [0, 0.1) is 12.7 Å². The highest BCUT2D eigenvalue weighted by Gasteiger charge is 2.41. The summed E-state index contributed by atoms with van der Waals surface area (Å²) in [6.07, 6.45) is -9.37. The molecule has 0 saturated carbocycles. The molecule has 0 radical (unpaired) electrons. The Bertz CT molecular complexity index is 1490. The fraction of sp³-hybridized carbons (Fsp3) is 0.400. The summed E-state index contributed by atoms with van der Waals surface area (Å²) < 4.78 is 96.0. The molecule has 1 aliphatic heterocycles. The van der Waals surface area contributed by atoms with Crippen LogP contribution in [-0.2, 0) is 22.6 Å². The van der Waals surface area contributed by atoms with Crippen molar-refractivity contribution in [2.75, 3.05) is 30.0 Å². The Morgan fingerprint density at radius 2 is 1.58 bits per heavy atom. The molecule has 1 amide bonds. The normalized spacial score (nSPS) is 17.8. The number of aliphatic hydroxyl groups excluding tert-OH is 2. The average Bonchev–Trinajstić information content (AvgIpc) is 3.32. The molecular formula is C30H30F7N3O3. The van der Waals surface area contributed by atoms with Crippen LogP contribution in [0.2, 0.25) is 0 Å². The van der Waals surface area contributed by atoms with E-state index in [2.05, 4.69) is 4.98 Å². The van der Waals surface area contributed by atoms with Gasteiger partial charge in [0.05, 0.1) is 47.2 Å². The van der Waals surface area contributed by atoms with Gasteiger partial charge in [-0.3, -0.25) is 4.79 Å². The Balaban J connectivity index is 1.84. The number of anilines is 2. The minimum Gasteiger partial charge on any atom is -0.394 e. The number of β-amino-alcohol motifs (C(OH)–C–C–N with tert-alkyl or cyclic N) is 1. The SMILES string of the molecule is Cc1c(F)cccc1-c1cc(N2C[C@H](O)C[C@H]2CO)ncc1N(C)C(=O)C(C)(C)c1cc(C(F)(F)F)cc(C(F)(F)F)c1. The third-order valence-corrected chi connectivity index (χ3v) is 7.83. The number of alkyl halides is 6. The van der Waals surface area contributed by atoms with Crippen molar-refractivity contribution in [2.45, 2.75) is 57.1 Å². The van der Waals surface area contributed by atoms with Gasteiger partial charge in [-0.2, -0.15) is 26.3 Å². The van der Waals surface area contributed by atoms with E-state index in [1.54, 1.807) is 17.0 Å². The summed E-state index contributed by atoms with van der Waals surface area (Å²) in [6.45, 7) is 3.82. The second-order valence-electron chi connectivity index (χ2n) is 11.1. The molecule has 0 unspecified atom stereocenters. The number of amides is 1. The van der Waals surface area contributed by atoms with Crippen molar-refractivity contribution in [1.29, 1.82) is 0 Å². The molecule has 13 heteroatoms. The third kappa shape index (κ3) is 6.32. The van der Waals surface area contributed by atoms with Gasteiger partial charge in [-0.25, -0.2) is 9.37 Å². The molecule has 232 valence electrons. The van der Waals surface area contributed by atoms with E-state index in [1.165, 1.54) is 46.1 Å². The van der Waals surface area contributed by atoms with E-state index in [0.717, 1.165) is 4.90 Å². The molecule has 0 spiro atoms. The number of hydrogen-bond acceptors (Lipinski definition) is 5. The summed E-state index contributed by atoms with van der Waals surface area (Å²) in [5.74, 6) is -1.09. The number of rotatable bonds is 6. The van der Waals surface area contributed by atoms with E-state index >= 15 is 0 Å². The topological polar surface area (TPSA) is 76.9 Å². The quantitative estimate of drug-likeness (QED) is 0.329. The minimum atomic E-state index is -5.10. The molecule has 0 aliphatic carbocycles. The molecular weight excluding hydrogens is 583 g/mol. The summed E-state index contributed by atoms with van der Waals surface area (Å²) in [6, 6.07) is 6.40. The molecule has 6 nitrogen and oxygen atoms in total. The van der Waals surface area contributed by atoms with Crippen LogP contribution in [-0.4, -0.2) is 53.4 Å². The van der Waals surface area contributed by atoms with E-state index in [0.29, 0.717) is 29.1 Å². The number of likely N-dealkylation sites (N-methyl/N-ethyl adjacent to an activating group) is 1. The first-order valence-electron chi connectivity index (χ1n) is 13.3. The highest BCUT2D eigenvalue weighted by molar-refractivity contribution is 6.03. The number of benzene rings is 2. The molecule has 1 aromatic heterocycles. The maximum Gasteiger partial charge on any atom is 0.416 e. The first-order chi connectivity index (χ1) is 19.9. The summed E-state index contributed by atoms with van der Waals surface area (Å²) >= 11 is 0. The van der Waals surface area contributed by atoms with Crippen molar-refractivity contribution >= 4 is 17.4 Å². The minimum absolute atomic E-state index is 0.00379. The van der Waals surface area contributed by atoms with Gasteiger partial charge in [0.15, 0.2) is 0 Å². The van der Waals surface area contributed by atoms with Gasteiger partial charge in [0.2, 0.25) is 5.91 Å². The monoisotopic (exact) mass is 613 g/mol. The molecule has 2 atom stereocenters. The van der Waals surface area contributed by atoms with Crippen molar-refractivity contribution in [2.24, 2.45) is 0 Å². The predicted molar refractivity (Wildman–Crippen MR) is 146 cm³/mol. The van der Waals surface area contributed by atoms with Crippen LogP contribution >= 0.6 is 0 Å². The highest BCUT2D eigenvalue weighted by Crippen LogP contribution is 2.42. The van der Waals surface area contributed by atoms with Gasteiger partial charge in [0, 0.05) is 19.2 Å². The molecule has 1 aliphatic rings. The number of nitrogens with zero attached hydrogens (tertiary/aromatic N) is 3. The largest absolute Gasteiger partial charge is 0.416 e. The Kier molecular flexibility index (Phi) is 8.55. The van der Waals surface area contributed by atoms with Crippen LogP contribution in [0.5, 0.6) is 0 Å². The standard InChI is InChI=1S/C30H30F7N3O3/c1-16-22(6-5-7-24(16)31)23-12-26(40-14-21(42)11-20(40)15-41)38-13-25(23)39(4)27(43)28(2,3)17-8-18(29(32,33)34)10-19(9-17)30(35,36)37/h5-10,12-13,20-21,41-42H,11,14-15H2,1-4H3/t20-,21+/m0/s1. The predicted octanol–water partition coefficient (Wildman–Crippen LogP) is 6.11. The zero-order valence-electron chi connectivity index (χ0n) is 23.7. The van der Waals surface area contributed by atoms with Crippen LogP contribution in [0.4, 0.5) is 42.2 Å².